The largest absolute Gasteiger partial charge is 0.465 e. The van der Waals surface area contributed by atoms with Gasteiger partial charge in [0.15, 0.2) is 0 Å². The summed E-state index contributed by atoms with van der Waals surface area (Å²) in [5.74, 6) is -0.253. The second-order valence-electron chi connectivity index (χ2n) is 7.83. The first-order valence-corrected chi connectivity index (χ1v) is 11.7. The fourth-order valence-corrected chi connectivity index (χ4v) is 4.69. The van der Waals surface area contributed by atoms with Crippen molar-refractivity contribution in [3.05, 3.63) is 51.7 Å². The Morgan fingerprint density at radius 3 is 2.71 bits per heavy atom. The number of amides is 1. The molecule has 2 heterocycles. The Morgan fingerprint density at radius 1 is 1.23 bits per heavy atom. The van der Waals surface area contributed by atoms with Crippen molar-refractivity contribution in [3.8, 4) is 0 Å². The highest BCUT2D eigenvalue weighted by molar-refractivity contribution is 7.13. The summed E-state index contributed by atoms with van der Waals surface area (Å²) in [6.45, 7) is 2.97. The van der Waals surface area contributed by atoms with Crippen LogP contribution >= 0.6 is 11.3 Å². The zero-order valence-electron chi connectivity index (χ0n) is 18.2. The highest BCUT2D eigenvalue weighted by Gasteiger charge is 2.32. The van der Waals surface area contributed by atoms with Crippen LogP contribution in [0.1, 0.15) is 71.7 Å². The second-order valence-corrected chi connectivity index (χ2v) is 9.00. The predicted molar refractivity (Wildman–Crippen MR) is 121 cm³/mol. The molecule has 2 aromatic rings. The summed E-state index contributed by atoms with van der Waals surface area (Å²) in [5.41, 5.74) is 1.73. The van der Waals surface area contributed by atoms with E-state index in [0.29, 0.717) is 24.5 Å². The van der Waals surface area contributed by atoms with Crippen molar-refractivity contribution in [2.45, 2.75) is 64.2 Å². The zero-order chi connectivity index (χ0) is 22.2. The van der Waals surface area contributed by atoms with Gasteiger partial charge in [0.05, 0.1) is 32.5 Å². The molecule has 1 saturated heterocycles. The number of hydrogen-bond acceptors (Lipinski definition) is 6. The molecule has 7 heteroatoms. The van der Waals surface area contributed by atoms with Crippen molar-refractivity contribution in [3.63, 3.8) is 0 Å². The smallest absolute Gasteiger partial charge is 0.348 e. The number of aliphatic hydroxyl groups is 1. The van der Waals surface area contributed by atoms with Crippen LogP contribution in [-0.2, 0) is 20.9 Å². The standard InChI is InChI=1S/C24H31NO5S/c1-3-4-5-6-21(26)17-7-9-18(10-8-17)25-19(11-14-23(25)27)15-30-16-20-12-13-22(31-20)24(28)29-2/h7-10,12-13,19,21,26H,3-6,11,14-16H2,1-2H3/t19-,21?/m1/s1. The molecule has 1 N–H and O–H groups in total. The SMILES string of the molecule is CCCCCC(O)c1ccc(N2C(=O)CC[C@@H]2COCc2ccc(C(=O)OC)s2)cc1. The van der Waals surface area contributed by atoms with Gasteiger partial charge < -0.3 is 19.5 Å². The number of thiophene rings is 1. The van der Waals surface area contributed by atoms with Crippen molar-refractivity contribution in [1.82, 2.24) is 0 Å². The van der Waals surface area contributed by atoms with E-state index >= 15 is 0 Å². The number of anilines is 1. The van der Waals surface area contributed by atoms with Crippen LogP contribution in [0.5, 0.6) is 0 Å². The number of unbranched alkanes of at least 4 members (excludes halogenated alkanes) is 2. The fraction of sp³-hybridized carbons (Fsp3) is 0.500. The minimum absolute atomic E-state index is 0.0205. The topological polar surface area (TPSA) is 76.1 Å². The lowest BCUT2D eigenvalue weighted by molar-refractivity contribution is -0.117. The van der Waals surface area contributed by atoms with Gasteiger partial charge in [-0.15, -0.1) is 11.3 Å². The number of carbonyl (C=O) groups excluding carboxylic acids is 2. The Bertz CT molecular complexity index is 863. The van der Waals surface area contributed by atoms with Crippen LogP contribution in [0.2, 0.25) is 0 Å². The number of hydrogen-bond donors (Lipinski definition) is 1. The molecule has 168 valence electrons. The molecule has 0 aliphatic carbocycles. The van der Waals surface area contributed by atoms with Gasteiger partial charge in [0, 0.05) is 17.0 Å². The van der Waals surface area contributed by atoms with Crippen LogP contribution < -0.4 is 4.90 Å². The molecule has 0 saturated carbocycles. The van der Waals surface area contributed by atoms with Crippen LogP contribution in [0.3, 0.4) is 0 Å². The minimum Gasteiger partial charge on any atom is -0.465 e. The molecule has 0 radical (unpaired) electrons. The monoisotopic (exact) mass is 445 g/mol. The Balaban J connectivity index is 1.55. The lowest BCUT2D eigenvalue weighted by Crippen LogP contribution is -2.36. The van der Waals surface area contributed by atoms with E-state index in [-0.39, 0.29) is 17.9 Å². The van der Waals surface area contributed by atoms with Gasteiger partial charge in [-0.25, -0.2) is 4.79 Å². The summed E-state index contributed by atoms with van der Waals surface area (Å²) in [7, 11) is 1.36. The first-order chi connectivity index (χ1) is 15.0. The van der Waals surface area contributed by atoms with E-state index in [1.54, 1.807) is 6.07 Å². The third-order valence-electron chi connectivity index (χ3n) is 5.57. The molecule has 6 nitrogen and oxygen atoms in total. The van der Waals surface area contributed by atoms with Crippen LogP contribution in [0.15, 0.2) is 36.4 Å². The number of methoxy groups -OCH3 is 1. The number of nitrogens with zero attached hydrogens (tertiary/aromatic N) is 1. The van der Waals surface area contributed by atoms with Crippen molar-refractivity contribution in [1.29, 1.82) is 0 Å². The number of benzene rings is 1. The molecule has 1 unspecified atom stereocenters. The second kappa shape index (κ2) is 11.4. The van der Waals surface area contributed by atoms with E-state index in [1.165, 1.54) is 18.4 Å². The molecule has 0 bridgehead atoms. The van der Waals surface area contributed by atoms with Crippen molar-refractivity contribution in [2.24, 2.45) is 0 Å². The van der Waals surface area contributed by atoms with Crippen molar-refractivity contribution in [2.75, 3.05) is 18.6 Å². The van der Waals surface area contributed by atoms with Crippen LogP contribution in [0.4, 0.5) is 5.69 Å². The summed E-state index contributed by atoms with van der Waals surface area (Å²) >= 11 is 1.35. The first kappa shape index (κ1) is 23.4. The number of aliphatic hydroxyl groups excluding tert-OH is 1. The lowest BCUT2D eigenvalue weighted by Gasteiger charge is -2.25. The number of esters is 1. The molecule has 1 aromatic heterocycles. The predicted octanol–water partition coefficient (Wildman–Crippen LogP) is 4.86. The summed E-state index contributed by atoms with van der Waals surface area (Å²) in [4.78, 5) is 27.4. The molecule has 1 aromatic carbocycles. The number of carbonyl (C=O) groups is 2. The van der Waals surface area contributed by atoms with E-state index in [0.717, 1.165) is 48.2 Å². The summed E-state index contributed by atoms with van der Waals surface area (Å²) in [6.07, 6.45) is 4.80. The highest BCUT2D eigenvalue weighted by Crippen LogP contribution is 2.29. The van der Waals surface area contributed by atoms with Gasteiger partial charge >= 0.3 is 5.97 Å². The van der Waals surface area contributed by atoms with Gasteiger partial charge in [0.1, 0.15) is 4.88 Å². The average molecular weight is 446 g/mol. The maximum absolute atomic E-state index is 12.5. The molecule has 1 aliphatic heterocycles. The lowest BCUT2D eigenvalue weighted by atomic mass is 10.0. The molecule has 1 aliphatic rings. The van der Waals surface area contributed by atoms with Gasteiger partial charge in [-0.05, 0) is 42.7 Å². The quantitative estimate of drug-likeness (QED) is 0.395. The third-order valence-corrected chi connectivity index (χ3v) is 6.60. The Kier molecular flexibility index (Phi) is 8.63. The Hall–Kier alpha value is -2.22. The van der Waals surface area contributed by atoms with Gasteiger partial charge in [-0.1, -0.05) is 38.3 Å². The van der Waals surface area contributed by atoms with Gasteiger partial charge in [0.2, 0.25) is 5.91 Å². The molecular weight excluding hydrogens is 414 g/mol. The summed E-state index contributed by atoms with van der Waals surface area (Å²) in [6, 6.07) is 11.2. The zero-order valence-corrected chi connectivity index (χ0v) is 19.0. The molecular formula is C24H31NO5S. The molecule has 1 amide bonds. The van der Waals surface area contributed by atoms with Crippen molar-refractivity contribution < 1.29 is 24.2 Å². The average Bonchev–Trinajstić information content (AvgIpc) is 3.40. The number of ether oxygens (including phenoxy) is 2. The fourth-order valence-electron chi connectivity index (χ4n) is 3.83. The number of rotatable bonds is 11. The first-order valence-electron chi connectivity index (χ1n) is 10.9. The summed E-state index contributed by atoms with van der Waals surface area (Å²) in [5, 5.41) is 10.4. The van der Waals surface area contributed by atoms with Crippen LogP contribution in [-0.4, -0.2) is 36.7 Å². The molecule has 31 heavy (non-hydrogen) atoms. The maximum Gasteiger partial charge on any atom is 0.348 e. The minimum atomic E-state index is -0.463. The van der Waals surface area contributed by atoms with E-state index in [9.17, 15) is 14.7 Å². The molecule has 1 fully saturated rings. The van der Waals surface area contributed by atoms with Crippen molar-refractivity contribution >= 4 is 28.9 Å². The van der Waals surface area contributed by atoms with Gasteiger partial charge in [0.25, 0.3) is 0 Å². The third kappa shape index (κ3) is 6.15. The van der Waals surface area contributed by atoms with Gasteiger partial charge in [-0.2, -0.15) is 0 Å². The van der Waals surface area contributed by atoms with Crippen LogP contribution in [0, 0.1) is 0 Å². The van der Waals surface area contributed by atoms with Crippen LogP contribution in [0.25, 0.3) is 0 Å². The van der Waals surface area contributed by atoms with E-state index in [1.807, 2.05) is 35.2 Å². The normalized spacial score (nSPS) is 17.2. The van der Waals surface area contributed by atoms with E-state index in [4.69, 9.17) is 9.47 Å². The molecule has 0 spiro atoms. The molecule has 3 rings (SSSR count). The summed E-state index contributed by atoms with van der Waals surface area (Å²) < 4.78 is 10.6. The van der Waals surface area contributed by atoms with E-state index in [2.05, 4.69) is 6.92 Å². The maximum atomic E-state index is 12.5. The highest BCUT2D eigenvalue weighted by atomic mass is 32.1. The van der Waals surface area contributed by atoms with Gasteiger partial charge in [-0.3, -0.25) is 4.79 Å². The Labute approximate surface area is 187 Å². The molecule has 2 atom stereocenters. The Morgan fingerprint density at radius 2 is 2.00 bits per heavy atom. The van der Waals surface area contributed by atoms with E-state index < -0.39 is 6.10 Å².